The highest BCUT2D eigenvalue weighted by molar-refractivity contribution is 5.83. The maximum atomic E-state index is 12.7. The first-order valence-corrected chi connectivity index (χ1v) is 5.78. The maximum Gasteiger partial charge on any atom is 0.123 e. The van der Waals surface area contributed by atoms with Crippen LogP contribution in [-0.4, -0.2) is 18.4 Å². The van der Waals surface area contributed by atoms with E-state index in [1.165, 1.54) is 12.1 Å². The Kier molecular flexibility index (Phi) is 3.54. The van der Waals surface area contributed by atoms with Crippen molar-refractivity contribution in [3.05, 3.63) is 35.6 Å². The number of benzene rings is 1. The summed E-state index contributed by atoms with van der Waals surface area (Å²) in [5.41, 5.74) is 1.15. The molecule has 2 rings (SSSR count). The van der Waals surface area contributed by atoms with Crippen molar-refractivity contribution in [3.8, 4) is 0 Å². The van der Waals surface area contributed by atoms with Crippen molar-refractivity contribution < 1.29 is 4.39 Å². The highest BCUT2D eigenvalue weighted by Crippen LogP contribution is 2.07. The molecule has 0 spiro atoms. The third-order valence-corrected chi connectivity index (χ3v) is 2.74. The Labute approximate surface area is 95.6 Å². The summed E-state index contributed by atoms with van der Waals surface area (Å²) in [5, 5.41) is 3.40. The quantitative estimate of drug-likeness (QED) is 0.831. The molecular weight excluding hydrogens is 203 g/mol. The minimum Gasteiger partial charge on any atom is -0.371 e. The Morgan fingerprint density at radius 1 is 1.38 bits per heavy atom. The van der Waals surface area contributed by atoms with E-state index in [9.17, 15) is 4.39 Å². The molecule has 1 aromatic rings. The molecule has 1 atom stereocenters. The fourth-order valence-corrected chi connectivity index (χ4v) is 1.97. The van der Waals surface area contributed by atoms with Gasteiger partial charge in [0.2, 0.25) is 0 Å². The fraction of sp³-hybridized carbons (Fsp3) is 0.462. The summed E-state index contributed by atoms with van der Waals surface area (Å²) < 4.78 is 12.7. The van der Waals surface area contributed by atoms with Crippen LogP contribution in [0, 0.1) is 5.82 Å². The third kappa shape index (κ3) is 3.05. The second-order valence-corrected chi connectivity index (χ2v) is 4.31. The van der Waals surface area contributed by atoms with E-state index in [0.29, 0.717) is 6.04 Å². The average molecular weight is 220 g/mol. The van der Waals surface area contributed by atoms with Crippen LogP contribution in [0.3, 0.4) is 0 Å². The van der Waals surface area contributed by atoms with E-state index in [1.54, 1.807) is 0 Å². The third-order valence-electron chi connectivity index (χ3n) is 2.74. The van der Waals surface area contributed by atoms with Crippen LogP contribution in [0.5, 0.6) is 0 Å². The summed E-state index contributed by atoms with van der Waals surface area (Å²) in [4.78, 5) is 4.38. The Morgan fingerprint density at radius 3 is 2.75 bits per heavy atom. The topological polar surface area (TPSA) is 24.4 Å². The van der Waals surface area contributed by atoms with Gasteiger partial charge in [-0.25, -0.2) is 4.39 Å². The standard InChI is InChI=1S/C13H17FN2/c1-10(16-13-3-2-8-15-13)9-11-4-6-12(14)7-5-11/h4-7,10H,2-3,8-9H2,1H3,(H,15,16). The normalized spacial score (nSPS) is 17.0. The molecule has 0 amide bonds. The summed E-state index contributed by atoms with van der Waals surface area (Å²) in [6, 6.07) is 7.04. The van der Waals surface area contributed by atoms with Crippen molar-refractivity contribution in [2.45, 2.75) is 32.2 Å². The lowest BCUT2D eigenvalue weighted by molar-refractivity contribution is 0.622. The number of rotatable bonds is 3. The molecule has 0 aliphatic carbocycles. The minimum absolute atomic E-state index is 0.176. The van der Waals surface area contributed by atoms with Crippen molar-refractivity contribution in [2.75, 3.05) is 6.54 Å². The molecule has 0 radical (unpaired) electrons. The molecule has 86 valence electrons. The summed E-state index contributed by atoms with van der Waals surface area (Å²) in [6.45, 7) is 3.08. The van der Waals surface area contributed by atoms with Crippen LogP contribution < -0.4 is 5.32 Å². The first-order valence-electron chi connectivity index (χ1n) is 5.78. The van der Waals surface area contributed by atoms with Gasteiger partial charge in [0.05, 0.1) is 5.84 Å². The number of halogens is 1. The molecule has 1 N–H and O–H groups in total. The molecule has 16 heavy (non-hydrogen) atoms. The Hall–Kier alpha value is -1.38. The van der Waals surface area contributed by atoms with Crippen molar-refractivity contribution in [1.29, 1.82) is 0 Å². The zero-order valence-corrected chi connectivity index (χ0v) is 9.54. The Balaban J connectivity index is 1.86. The second kappa shape index (κ2) is 5.10. The molecule has 0 fully saturated rings. The lowest BCUT2D eigenvalue weighted by Crippen LogP contribution is -2.32. The van der Waals surface area contributed by atoms with Gasteiger partial charge in [-0.3, -0.25) is 4.99 Å². The molecule has 1 aliphatic heterocycles. The van der Waals surface area contributed by atoms with Gasteiger partial charge in [-0.05, 0) is 37.5 Å². The first kappa shape index (κ1) is 11.1. The van der Waals surface area contributed by atoms with Gasteiger partial charge in [-0.2, -0.15) is 0 Å². The lowest BCUT2D eigenvalue weighted by Gasteiger charge is -2.14. The van der Waals surface area contributed by atoms with Gasteiger partial charge in [-0.1, -0.05) is 12.1 Å². The summed E-state index contributed by atoms with van der Waals surface area (Å²) in [6.07, 6.45) is 3.12. The van der Waals surface area contributed by atoms with E-state index in [0.717, 1.165) is 37.2 Å². The summed E-state index contributed by atoms with van der Waals surface area (Å²) in [7, 11) is 0. The van der Waals surface area contributed by atoms with Gasteiger partial charge in [0, 0.05) is 19.0 Å². The van der Waals surface area contributed by atoms with E-state index in [-0.39, 0.29) is 5.82 Å². The average Bonchev–Trinajstić information content (AvgIpc) is 2.74. The van der Waals surface area contributed by atoms with Gasteiger partial charge in [-0.15, -0.1) is 0 Å². The van der Waals surface area contributed by atoms with Crippen LogP contribution in [0.1, 0.15) is 25.3 Å². The van der Waals surface area contributed by atoms with Crippen LogP contribution in [0.2, 0.25) is 0 Å². The molecule has 3 heteroatoms. The number of amidine groups is 1. The van der Waals surface area contributed by atoms with E-state index in [1.807, 2.05) is 12.1 Å². The number of hydrogen-bond donors (Lipinski definition) is 1. The highest BCUT2D eigenvalue weighted by atomic mass is 19.1. The molecule has 0 saturated heterocycles. The van der Waals surface area contributed by atoms with Crippen LogP contribution in [0.25, 0.3) is 0 Å². The first-order chi connectivity index (χ1) is 7.74. The molecular formula is C13H17FN2. The van der Waals surface area contributed by atoms with Crippen molar-refractivity contribution in [2.24, 2.45) is 4.99 Å². The highest BCUT2D eigenvalue weighted by Gasteiger charge is 2.09. The van der Waals surface area contributed by atoms with Crippen LogP contribution in [-0.2, 0) is 6.42 Å². The smallest absolute Gasteiger partial charge is 0.123 e. The van der Waals surface area contributed by atoms with E-state index in [2.05, 4.69) is 17.2 Å². The molecule has 1 aliphatic rings. The predicted molar refractivity (Wildman–Crippen MR) is 64.2 cm³/mol. The molecule has 0 bridgehead atoms. The lowest BCUT2D eigenvalue weighted by atomic mass is 10.1. The molecule has 0 saturated carbocycles. The van der Waals surface area contributed by atoms with Gasteiger partial charge < -0.3 is 5.32 Å². The molecule has 0 aromatic heterocycles. The number of nitrogens with one attached hydrogen (secondary N) is 1. The van der Waals surface area contributed by atoms with Crippen molar-refractivity contribution in [1.82, 2.24) is 5.32 Å². The molecule has 1 unspecified atom stereocenters. The maximum absolute atomic E-state index is 12.7. The van der Waals surface area contributed by atoms with E-state index < -0.39 is 0 Å². The summed E-state index contributed by atoms with van der Waals surface area (Å²) in [5.74, 6) is 0.944. The van der Waals surface area contributed by atoms with Gasteiger partial charge in [0.15, 0.2) is 0 Å². The van der Waals surface area contributed by atoms with Crippen molar-refractivity contribution >= 4 is 5.84 Å². The Morgan fingerprint density at radius 2 is 2.12 bits per heavy atom. The van der Waals surface area contributed by atoms with Gasteiger partial charge in [0.25, 0.3) is 0 Å². The van der Waals surface area contributed by atoms with Crippen molar-refractivity contribution in [3.63, 3.8) is 0 Å². The Bertz CT molecular complexity index is 370. The number of nitrogens with zero attached hydrogens (tertiary/aromatic N) is 1. The zero-order chi connectivity index (χ0) is 11.4. The molecule has 1 aromatic carbocycles. The summed E-state index contributed by atoms with van der Waals surface area (Å²) >= 11 is 0. The monoisotopic (exact) mass is 220 g/mol. The van der Waals surface area contributed by atoms with Gasteiger partial charge in [0.1, 0.15) is 5.82 Å². The predicted octanol–water partition coefficient (Wildman–Crippen LogP) is 2.54. The fourth-order valence-electron chi connectivity index (χ4n) is 1.97. The molecule has 2 nitrogen and oxygen atoms in total. The van der Waals surface area contributed by atoms with Crippen LogP contribution >= 0.6 is 0 Å². The van der Waals surface area contributed by atoms with Crippen LogP contribution in [0.4, 0.5) is 4.39 Å². The zero-order valence-electron chi connectivity index (χ0n) is 9.54. The number of hydrogen-bond acceptors (Lipinski definition) is 2. The molecule has 1 heterocycles. The second-order valence-electron chi connectivity index (χ2n) is 4.31. The number of aliphatic imine (C=N–C) groups is 1. The minimum atomic E-state index is -0.176. The van der Waals surface area contributed by atoms with Crippen LogP contribution in [0.15, 0.2) is 29.3 Å². The SMILES string of the molecule is CC(Cc1ccc(F)cc1)NC1=NCCC1. The van der Waals surface area contributed by atoms with Gasteiger partial charge >= 0.3 is 0 Å². The largest absolute Gasteiger partial charge is 0.371 e. The van der Waals surface area contributed by atoms with E-state index in [4.69, 9.17) is 0 Å². The van der Waals surface area contributed by atoms with E-state index >= 15 is 0 Å².